The molecule has 82 valence electrons. The zero-order chi connectivity index (χ0) is 11.5. The Balaban J connectivity index is 2.65. The van der Waals surface area contributed by atoms with E-state index in [4.69, 9.17) is 11.6 Å². The monoisotopic (exact) mass is 237 g/mol. The zero-order valence-electron chi connectivity index (χ0n) is 7.38. The molecule has 0 aromatic heterocycles. The Morgan fingerprint density at radius 3 is 2.27 bits per heavy atom. The van der Waals surface area contributed by atoms with E-state index in [9.17, 15) is 18.0 Å². The van der Waals surface area contributed by atoms with Gasteiger partial charge < -0.3 is 5.32 Å². The van der Waals surface area contributed by atoms with Crippen molar-refractivity contribution < 1.29 is 18.0 Å². The van der Waals surface area contributed by atoms with Crippen LogP contribution in [0.15, 0.2) is 30.3 Å². The van der Waals surface area contributed by atoms with Crippen LogP contribution in [0.25, 0.3) is 0 Å². The fraction of sp³-hybridized carbons (Fsp3) is 0.222. The topological polar surface area (TPSA) is 29.1 Å². The second-order valence-electron chi connectivity index (χ2n) is 2.76. The van der Waals surface area contributed by atoms with E-state index in [0.717, 1.165) is 0 Å². The van der Waals surface area contributed by atoms with Crippen molar-refractivity contribution in [2.45, 2.75) is 11.6 Å². The molecule has 0 aliphatic carbocycles. The van der Waals surface area contributed by atoms with Crippen molar-refractivity contribution in [2.75, 3.05) is 5.32 Å². The van der Waals surface area contributed by atoms with E-state index in [2.05, 4.69) is 5.32 Å². The number of carbonyl (C=O) groups excluding carboxylic acids is 1. The van der Waals surface area contributed by atoms with Gasteiger partial charge in [0.2, 0.25) is 5.38 Å². The molecule has 6 heteroatoms. The molecule has 1 rings (SSSR count). The van der Waals surface area contributed by atoms with Gasteiger partial charge in [0, 0.05) is 5.69 Å². The summed E-state index contributed by atoms with van der Waals surface area (Å²) < 4.78 is 36.0. The summed E-state index contributed by atoms with van der Waals surface area (Å²) in [6.07, 6.45) is -4.74. The van der Waals surface area contributed by atoms with Crippen molar-refractivity contribution in [1.29, 1.82) is 0 Å². The minimum atomic E-state index is -4.74. The van der Waals surface area contributed by atoms with Crippen LogP contribution in [0, 0.1) is 0 Å². The molecule has 1 amide bonds. The van der Waals surface area contributed by atoms with Crippen molar-refractivity contribution in [1.82, 2.24) is 0 Å². The average Bonchev–Trinajstić information content (AvgIpc) is 2.16. The van der Waals surface area contributed by atoms with E-state index in [0.29, 0.717) is 0 Å². The van der Waals surface area contributed by atoms with Gasteiger partial charge in [-0.1, -0.05) is 18.2 Å². The van der Waals surface area contributed by atoms with Crippen LogP contribution < -0.4 is 5.32 Å². The third kappa shape index (κ3) is 3.43. The second-order valence-corrected chi connectivity index (χ2v) is 3.20. The molecule has 2 nitrogen and oxygen atoms in total. The van der Waals surface area contributed by atoms with Crippen LogP contribution in [0.5, 0.6) is 0 Å². The summed E-state index contributed by atoms with van der Waals surface area (Å²) in [6, 6.07) is 7.80. The minimum Gasteiger partial charge on any atom is -0.325 e. The molecule has 0 saturated carbocycles. The highest BCUT2D eigenvalue weighted by Crippen LogP contribution is 2.25. The fourth-order valence-electron chi connectivity index (χ4n) is 0.876. The van der Waals surface area contributed by atoms with Gasteiger partial charge in [0.1, 0.15) is 0 Å². The van der Waals surface area contributed by atoms with Crippen molar-refractivity contribution in [2.24, 2.45) is 0 Å². The largest absolute Gasteiger partial charge is 0.413 e. The van der Waals surface area contributed by atoms with E-state index in [1.165, 1.54) is 12.1 Å². The van der Waals surface area contributed by atoms with Crippen LogP contribution >= 0.6 is 11.6 Å². The number of hydrogen-bond acceptors (Lipinski definition) is 1. The van der Waals surface area contributed by atoms with Gasteiger partial charge in [-0.25, -0.2) is 0 Å². The molecule has 0 bridgehead atoms. The van der Waals surface area contributed by atoms with Crippen LogP contribution in [-0.2, 0) is 4.79 Å². The van der Waals surface area contributed by atoms with Gasteiger partial charge in [0.25, 0.3) is 5.91 Å². The van der Waals surface area contributed by atoms with Gasteiger partial charge in [0.15, 0.2) is 0 Å². The quantitative estimate of drug-likeness (QED) is 0.788. The molecule has 0 saturated heterocycles. The van der Waals surface area contributed by atoms with E-state index in [-0.39, 0.29) is 5.69 Å². The molecular formula is C9H7ClF3NO. The lowest BCUT2D eigenvalue weighted by Gasteiger charge is -2.13. The Labute approximate surface area is 89.0 Å². The zero-order valence-corrected chi connectivity index (χ0v) is 8.14. The van der Waals surface area contributed by atoms with Crippen LogP contribution in [-0.4, -0.2) is 17.5 Å². The molecule has 0 aliphatic rings. The molecule has 0 fully saturated rings. The molecule has 0 radical (unpaired) electrons. The van der Waals surface area contributed by atoms with E-state index in [1.54, 1.807) is 18.2 Å². The lowest BCUT2D eigenvalue weighted by molar-refractivity contribution is -0.147. The molecule has 0 aliphatic heterocycles. The minimum absolute atomic E-state index is 0.275. The summed E-state index contributed by atoms with van der Waals surface area (Å²) in [7, 11) is 0. The van der Waals surface area contributed by atoms with E-state index < -0.39 is 17.5 Å². The maximum Gasteiger partial charge on any atom is 0.413 e. The predicted molar refractivity (Wildman–Crippen MR) is 50.8 cm³/mol. The SMILES string of the molecule is O=C(Nc1ccccc1)C(Cl)C(F)(F)F. The van der Waals surface area contributed by atoms with Crippen molar-refractivity contribution in [3.8, 4) is 0 Å². The number of benzene rings is 1. The van der Waals surface area contributed by atoms with Crippen LogP contribution in [0.2, 0.25) is 0 Å². The highest BCUT2D eigenvalue weighted by molar-refractivity contribution is 6.33. The predicted octanol–water partition coefficient (Wildman–Crippen LogP) is 2.79. The highest BCUT2D eigenvalue weighted by Gasteiger charge is 2.43. The molecule has 1 aromatic rings. The van der Waals surface area contributed by atoms with Gasteiger partial charge in [-0.05, 0) is 12.1 Å². The molecule has 1 atom stereocenters. The van der Waals surface area contributed by atoms with E-state index >= 15 is 0 Å². The summed E-state index contributed by atoms with van der Waals surface area (Å²) >= 11 is 4.92. The van der Waals surface area contributed by atoms with Crippen LogP contribution in [0.3, 0.4) is 0 Å². The Morgan fingerprint density at radius 1 is 1.27 bits per heavy atom. The first kappa shape index (κ1) is 11.8. The number of carbonyl (C=O) groups is 1. The Kier molecular flexibility index (Phi) is 3.57. The number of alkyl halides is 4. The van der Waals surface area contributed by atoms with Crippen molar-refractivity contribution in [3.05, 3.63) is 30.3 Å². The molecule has 0 heterocycles. The van der Waals surface area contributed by atoms with Crippen molar-refractivity contribution >= 4 is 23.2 Å². The summed E-state index contributed by atoms with van der Waals surface area (Å²) in [5.74, 6) is -1.28. The number of anilines is 1. The van der Waals surface area contributed by atoms with Crippen LogP contribution in [0.4, 0.5) is 18.9 Å². The lowest BCUT2D eigenvalue weighted by atomic mass is 10.3. The normalized spacial score (nSPS) is 13.3. The molecule has 1 unspecified atom stereocenters. The smallest absolute Gasteiger partial charge is 0.325 e. The molecule has 1 N–H and O–H groups in total. The Bertz CT molecular complexity index is 339. The average molecular weight is 238 g/mol. The first-order valence-electron chi connectivity index (χ1n) is 3.98. The summed E-state index contributed by atoms with van der Waals surface area (Å²) in [4.78, 5) is 11.0. The summed E-state index contributed by atoms with van der Waals surface area (Å²) in [6.45, 7) is 0. The summed E-state index contributed by atoms with van der Waals surface area (Å²) in [5.41, 5.74) is 0.275. The van der Waals surface area contributed by atoms with Gasteiger partial charge in [-0.3, -0.25) is 4.79 Å². The van der Waals surface area contributed by atoms with Crippen LogP contribution in [0.1, 0.15) is 0 Å². The standard InChI is InChI=1S/C9H7ClF3NO/c10-7(9(11,12)13)8(15)14-6-4-2-1-3-5-6/h1-5,7H,(H,14,15). The van der Waals surface area contributed by atoms with Gasteiger partial charge in [-0.2, -0.15) is 13.2 Å². The van der Waals surface area contributed by atoms with Gasteiger partial charge in [-0.15, -0.1) is 11.6 Å². The maximum atomic E-state index is 12.0. The Hall–Kier alpha value is -1.23. The third-order valence-electron chi connectivity index (χ3n) is 1.56. The van der Waals surface area contributed by atoms with E-state index in [1.807, 2.05) is 0 Å². The first-order valence-corrected chi connectivity index (χ1v) is 4.41. The van der Waals surface area contributed by atoms with Gasteiger partial charge >= 0.3 is 6.18 Å². The molecule has 0 spiro atoms. The number of rotatable bonds is 2. The number of para-hydroxylation sites is 1. The summed E-state index contributed by atoms with van der Waals surface area (Å²) in [5, 5.41) is -0.473. The number of hydrogen-bond donors (Lipinski definition) is 1. The number of amides is 1. The first-order chi connectivity index (χ1) is 6.91. The Morgan fingerprint density at radius 2 is 1.80 bits per heavy atom. The fourth-order valence-corrected chi connectivity index (χ4v) is 0.930. The number of halogens is 4. The highest BCUT2D eigenvalue weighted by atomic mass is 35.5. The molecule has 1 aromatic carbocycles. The third-order valence-corrected chi connectivity index (χ3v) is 2.00. The lowest BCUT2D eigenvalue weighted by Crippen LogP contribution is -2.35. The van der Waals surface area contributed by atoms with Gasteiger partial charge in [0.05, 0.1) is 0 Å². The molecular weight excluding hydrogens is 231 g/mol. The second kappa shape index (κ2) is 4.53. The number of nitrogens with one attached hydrogen (secondary N) is 1. The maximum absolute atomic E-state index is 12.0. The van der Waals surface area contributed by atoms with Crippen molar-refractivity contribution in [3.63, 3.8) is 0 Å². The molecule has 15 heavy (non-hydrogen) atoms.